The molecule has 14 heteroatoms. The zero-order valence-electron chi connectivity index (χ0n) is 18.9. The second-order valence-electron chi connectivity index (χ2n) is 7.94. The maximum Gasteiger partial charge on any atom is 0.421 e. The molecule has 10 nitrogen and oxygen atoms in total. The van der Waals surface area contributed by atoms with Gasteiger partial charge in [0.05, 0.1) is 5.75 Å². The van der Waals surface area contributed by atoms with Crippen molar-refractivity contribution in [3.8, 4) is 11.5 Å². The number of alkyl halides is 3. The van der Waals surface area contributed by atoms with Crippen LogP contribution >= 0.6 is 0 Å². The van der Waals surface area contributed by atoms with Gasteiger partial charge in [-0.2, -0.15) is 17.6 Å². The first-order valence-corrected chi connectivity index (χ1v) is 12.2. The van der Waals surface area contributed by atoms with Gasteiger partial charge in [-0.25, -0.2) is 13.2 Å². The molecule has 1 aromatic heterocycles. The number of aliphatic carboxylic acids is 1. The minimum atomic E-state index is -5.24. The molecule has 198 valence electrons. The Kier molecular flexibility index (Phi) is 8.05. The van der Waals surface area contributed by atoms with E-state index in [0.29, 0.717) is 11.6 Å². The summed E-state index contributed by atoms with van der Waals surface area (Å²) in [6.07, 6.45) is -6.28. The molecule has 0 saturated carbocycles. The van der Waals surface area contributed by atoms with Gasteiger partial charge in [-0.3, -0.25) is 4.79 Å². The highest BCUT2D eigenvalue weighted by atomic mass is 32.2. The monoisotopic (exact) mass is 542 g/mol. The maximum atomic E-state index is 13.8. The molecule has 1 unspecified atom stereocenters. The number of rotatable bonds is 10. The Balaban J connectivity index is 1.76. The summed E-state index contributed by atoms with van der Waals surface area (Å²) < 4.78 is 79.3. The van der Waals surface area contributed by atoms with Gasteiger partial charge in [0.15, 0.2) is 5.60 Å². The number of benzene rings is 2. The predicted molar refractivity (Wildman–Crippen MR) is 126 cm³/mol. The first-order valence-electron chi connectivity index (χ1n) is 10.6. The summed E-state index contributed by atoms with van der Waals surface area (Å²) in [5.74, 6) is -2.26. The Bertz CT molecular complexity index is 1470. The minimum Gasteiger partial charge on any atom is -0.480 e. The molecule has 2 atom stereocenters. The van der Waals surface area contributed by atoms with Crippen LogP contribution in [0.15, 0.2) is 68.2 Å². The average molecular weight is 542 g/mol. The Labute approximate surface area is 207 Å². The lowest BCUT2D eigenvalue weighted by atomic mass is 9.90. The molecule has 0 saturated heterocycles. The molecule has 0 bridgehead atoms. The third-order valence-electron chi connectivity index (χ3n) is 5.26. The van der Waals surface area contributed by atoms with Crippen LogP contribution in [0, 0.1) is 0 Å². The van der Waals surface area contributed by atoms with Crippen LogP contribution in [0.25, 0.3) is 11.0 Å². The van der Waals surface area contributed by atoms with E-state index in [-0.39, 0.29) is 17.1 Å². The largest absolute Gasteiger partial charge is 0.480 e. The minimum absolute atomic E-state index is 0.0953. The second-order valence-corrected chi connectivity index (χ2v) is 9.73. The fourth-order valence-corrected chi connectivity index (χ4v) is 4.16. The van der Waals surface area contributed by atoms with Crippen LogP contribution in [0.1, 0.15) is 18.4 Å². The fraction of sp³-hybridized carbons (Fsp3) is 0.261. The van der Waals surface area contributed by atoms with Crippen molar-refractivity contribution in [3.05, 3.63) is 70.6 Å². The van der Waals surface area contributed by atoms with E-state index in [0.717, 1.165) is 24.3 Å². The summed E-state index contributed by atoms with van der Waals surface area (Å²) in [7, 11) is -4.47. The first kappa shape index (κ1) is 27.8. The Hall–Kier alpha value is -3.75. The number of hydrogen-bond donors (Lipinski definition) is 3. The van der Waals surface area contributed by atoms with Gasteiger partial charge in [0.1, 0.15) is 23.1 Å². The van der Waals surface area contributed by atoms with Gasteiger partial charge in [-0.15, -0.1) is 0 Å². The predicted octanol–water partition coefficient (Wildman–Crippen LogP) is 2.93. The molecule has 3 aromatic rings. The van der Waals surface area contributed by atoms with E-state index in [9.17, 15) is 36.3 Å². The van der Waals surface area contributed by atoms with Gasteiger partial charge >= 0.3 is 17.8 Å². The van der Waals surface area contributed by atoms with Crippen molar-refractivity contribution in [2.45, 2.75) is 30.7 Å². The number of fused-ring (bicyclic) bond motifs is 1. The second kappa shape index (κ2) is 10.7. The molecule has 0 spiro atoms. The van der Waals surface area contributed by atoms with Crippen molar-refractivity contribution in [2.24, 2.45) is 10.1 Å². The molecular formula is C23H21F3N2O8S. The third kappa shape index (κ3) is 6.93. The molecule has 0 amide bonds. The number of ether oxygens (including phenoxy) is 1. The Morgan fingerprint density at radius 2 is 1.73 bits per heavy atom. The van der Waals surface area contributed by atoms with Crippen molar-refractivity contribution in [1.82, 2.24) is 0 Å². The number of carbonyl (C=O) groups is 1. The summed E-state index contributed by atoms with van der Waals surface area (Å²) >= 11 is 0. The zero-order chi connectivity index (χ0) is 27.4. The summed E-state index contributed by atoms with van der Waals surface area (Å²) in [5.41, 5.74) is 0.712. The molecule has 0 fully saturated rings. The zero-order valence-corrected chi connectivity index (χ0v) is 19.7. The highest BCUT2D eigenvalue weighted by Gasteiger charge is 2.55. The molecule has 0 aliphatic carbocycles. The summed E-state index contributed by atoms with van der Waals surface area (Å²) in [6, 6.07) is 10.1. The molecule has 37 heavy (non-hydrogen) atoms. The lowest BCUT2D eigenvalue weighted by Gasteiger charge is -2.30. The van der Waals surface area contributed by atoms with Crippen molar-refractivity contribution in [2.75, 3.05) is 5.75 Å². The molecule has 0 radical (unpaired) electrons. The quantitative estimate of drug-likeness (QED) is 0.257. The average Bonchev–Trinajstić information content (AvgIpc) is 2.82. The fourth-order valence-electron chi connectivity index (χ4n) is 3.19. The summed E-state index contributed by atoms with van der Waals surface area (Å²) in [4.78, 5) is 22.0. The van der Waals surface area contributed by atoms with E-state index in [1.807, 2.05) is 0 Å². The number of nitrogens with two attached hydrogens (primary N) is 1. The number of carboxylic acid groups (broad SMARTS) is 1. The molecule has 4 N–H and O–H groups in total. The van der Waals surface area contributed by atoms with Crippen molar-refractivity contribution < 1.29 is 45.8 Å². The van der Waals surface area contributed by atoms with Gasteiger partial charge in [0.25, 0.3) is 10.0 Å². The highest BCUT2D eigenvalue weighted by Crippen LogP contribution is 2.42. The van der Waals surface area contributed by atoms with E-state index >= 15 is 0 Å². The molecule has 3 rings (SSSR count). The van der Waals surface area contributed by atoms with Crippen molar-refractivity contribution in [3.63, 3.8) is 0 Å². The molecule has 0 aliphatic heterocycles. The lowest BCUT2D eigenvalue weighted by molar-refractivity contribution is -0.267. The number of hydrogen-bond acceptors (Lipinski definition) is 8. The number of carboxylic acids is 1. The SMILES string of the molecule is N[C@@H](CC=NS(=O)(=O)CCC(O)(c1ccc(Oc2ccc3ccc(=O)oc3c2)cc1)C(F)(F)F)C(=O)O. The Morgan fingerprint density at radius 3 is 2.35 bits per heavy atom. The van der Waals surface area contributed by atoms with Gasteiger partial charge in [-0.05, 0) is 35.9 Å². The van der Waals surface area contributed by atoms with Crippen LogP contribution in [0.4, 0.5) is 13.2 Å². The number of nitrogens with zero attached hydrogens (tertiary/aromatic N) is 1. The van der Waals surface area contributed by atoms with Crippen LogP contribution < -0.4 is 16.1 Å². The van der Waals surface area contributed by atoms with Gasteiger partial charge < -0.3 is 25.1 Å². The van der Waals surface area contributed by atoms with E-state index in [1.54, 1.807) is 18.2 Å². The standard InChI is InChI=1S/C23H21F3N2O8S/c24-23(25,26)22(32,10-12-37(33,34)28-11-9-18(27)21(30)31)15-3-6-16(7-4-15)35-17-5-1-14-2-8-20(29)36-19(14)13-17/h1-8,11,13,18,32H,9-10,12,27H2,(H,30,31)/t18-,22?/m0/s1. The van der Waals surface area contributed by atoms with Crippen LogP contribution in [0.3, 0.4) is 0 Å². The van der Waals surface area contributed by atoms with E-state index in [1.165, 1.54) is 12.1 Å². The molecule has 2 aromatic carbocycles. The molecule has 0 aliphatic rings. The summed E-state index contributed by atoms with van der Waals surface area (Å²) in [5, 5.41) is 19.8. The summed E-state index contributed by atoms with van der Waals surface area (Å²) in [6.45, 7) is 0. The van der Waals surface area contributed by atoms with Crippen molar-refractivity contribution in [1.29, 1.82) is 0 Å². The first-order chi connectivity index (χ1) is 17.2. The van der Waals surface area contributed by atoms with Crippen LogP contribution in [0.2, 0.25) is 0 Å². The molecule has 1 heterocycles. The number of halogens is 3. The topological polar surface area (TPSA) is 169 Å². The van der Waals surface area contributed by atoms with Crippen LogP contribution in [0.5, 0.6) is 11.5 Å². The third-order valence-corrected chi connectivity index (χ3v) is 6.45. The number of aliphatic hydroxyl groups is 1. The normalized spacial score (nSPS) is 14.9. The van der Waals surface area contributed by atoms with Gasteiger partial charge in [-0.1, -0.05) is 12.1 Å². The van der Waals surface area contributed by atoms with Crippen LogP contribution in [-0.2, 0) is 20.4 Å². The Morgan fingerprint density at radius 1 is 1.11 bits per heavy atom. The smallest absolute Gasteiger partial charge is 0.421 e. The lowest BCUT2D eigenvalue weighted by Crippen LogP contribution is -2.43. The van der Waals surface area contributed by atoms with Gasteiger partial charge in [0.2, 0.25) is 0 Å². The molecular weight excluding hydrogens is 521 g/mol. The van der Waals surface area contributed by atoms with E-state index in [2.05, 4.69) is 4.40 Å². The van der Waals surface area contributed by atoms with E-state index in [4.69, 9.17) is 20.0 Å². The van der Waals surface area contributed by atoms with Crippen LogP contribution in [-0.4, -0.2) is 48.8 Å². The number of sulfonamides is 1. The van der Waals surface area contributed by atoms with E-state index < -0.39 is 63.6 Å². The van der Waals surface area contributed by atoms with Gasteiger partial charge in [0, 0.05) is 36.6 Å². The maximum absolute atomic E-state index is 13.8. The van der Waals surface area contributed by atoms with Crippen molar-refractivity contribution >= 4 is 33.2 Å². The highest BCUT2D eigenvalue weighted by molar-refractivity contribution is 7.90.